The quantitative estimate of drug-likeness (QED) is 0.608. The Balaban J connectivity index is 1.45. The fraction of sp³-hybridized carbons (Fsp3) is 0.240. The van der Waals surface area contributed by atoms with Crippen LogP contribution in [0.25, 0.3) is 0 Å². The maximum atomic E-state index is 13.5. The van der Waals surface area contributed by atoms with Crippen LogP contribution in [0, 0.1) is 0 Å². The van der Waals surface area contributed by atoms with E-state index >= 15 is 0 Å². The molecule has 0 spiro atoms. The minimum atomic E-state index is -0.250. The molecule has 0 aromatic heterocycles. The lowest BCUT2D eigenvalue weighted by Gasteiger charge is -2.36. The number of halogens is 1. The number of nitrogens with zero attached hydrogens (tertiary/aromatic N) is 2. The molecule has 3 aromatic rings. The second-order valence-electron chi connectivity index (χ2n) is 7.48. The summed E-state index contributed by atoms with van der Waals surface area (Å²) >= 11 is 5.98. The van der Waals surface area contributed by atoms with Crippen molar-refractivity contribution in [3.8, 4) is 0 Å². The lowest BCUT2D eigenvalue weighted by atomic mass is 9.90. The van der Waals surface area contributed by atoms with Gasteiger partial charge in [0.15, 0.2) is 0 Å². The van der Waals surface area contributed by atoms with Gasteiger partial charge in [0.25, 0.3) is 0 Å². The normalized spacial score (nSPS) is 14.9. The highest BCUT2D eigenvalue weighted by Crippen LogP contribution is 2.27. The molecule has 0 N–H and O–H groups in total. The minimum absolute atomic E-state index is 0.188. The number of carbonyl (C=O) groups is 1. The molecule has 0 atom stereocenters. The van der Waals surface area contributed by atoms with E-state index in [-0.39, 0.29) is 11.8 Å². The standard InChI is InChI=1S/C25H25ClN2O/c26-23-13-11-20(12-14-23)19-27-15-17-28(18-16-27)25(29)24(21-7-3-1-4-8-21)22-9-5-2-6-10-22/h1-14,24H,15-19H2. The summed E-state index contributed by atoms with van der Waals surface area (Å²) in [5, 5.41) is 0.761. The second kappa shape index (κ2) is 9.25. The van der Waals surface area contributed by atoms with Gasteiger partial charge in [-0.25, -0.2) is 0 Å². The smallest absolute Gasteiger partial charge is 0.234 e. The zero-order chi connectivity index (χ0) is 20.1. The SMILES string of the molecule is O=C(C(c1ccccc1)c1ccccc1)N1CCN(Cc2ccc(Cl)cc2)CC1. The van der Waals surface area contributed by atoms with Gasteiger partial charge in [-0.1, -0.05) is 84.4 Å². The van der Waals surface area contributed by atoms with Gasteiger partial charge in [0.2, 0.25) is 5.91 Å². The van der Waals surface area contributed by atoms with E-state index in [0.29, 0.717) is 0 Å². The van der Waals surface area contributed by atoms with Crippen LogP contribution in [-0.2, 0) is 11.3 Å². The summed E-state index contributed by atoms with van der Waals surface area (Å²) in [5.74, 6) is -0.0613. The number of hydrogen-bond donors (Lipinski definition) is 0. The Morgan fingerprint density at radius 3 is 1.79 bits per heavy atom. The highest BCUT2D eigenvalue weighted by Gasteiger charge is 2.29. The maximum absolute atomic E-state index is 13.5. The molecule has 0 bridgehead atoms. The zero-order valence-corrected chi connectivity index (χ0v) is 17.1. The molecule has 1 aliphatic rings. The Morgan fingerprint density at radius 2 is 1.28 bits per heavy atom. The Morgan fingerprint density at radius 1 is 0.759 bits per heavy atom. The van der Waals surface area contributed by atoms with Gasteiger partial charge >= 0.3 is 0 Å². The van der Waals surface area contributed by atoms with E-state index in [1.54, 1.807) is 0 Å². The first-order valence-corrected chi connectivity index (χ1v) is 10.4. The molecule has 0 saturated carbocycles. The Bertz CT molecular complexity index is 881. The van der Waals surface area contributed by atoms with Gasteiger partial charge in [-0.15, -0.1) is 0 Å². The third-order valence-electron chi connectivity index (χ3n) is 5.52. The van der Waals surface area contributed by atoms with Crippen molar-refractivity contribution in [2.75, 3.05) is 26.2 Å². The van der Waals surface area contributed by atoms with Crippen molar-refractivity contribution in [2.45, 2.75) is 12.5 Å². The average molecular weight is 405 g/mol. The third kappa shape index (κ3) is 4.87. The maximum Gasteiger partial charge on any atom is 0.234 e. The van der Waals surface area contributed by atoms with Gasteiger partial charge in [0.1, 0.15) is 0 Å². The van der Waals surface area contributed by atoms with Crippen LogP contribution in [-0.4, -0.2) is 41.9 Å². The van der Waals surface area contributed by atoms with Gasteiger partial charge in [-0.2, -0.15) is 0 Å². The molecule has 1 fully saturated rings. The minimum Gasteiger partial charge on any atom is -0.339 e. The van der Waals surface area contributed by atoms with Gasteiger partial charge in [-0.3, -0.25) is 9.69 Å². The highest BCUT2D eigenvalue weighted by molar-refractivity contribution is 6.30. The fourth-order valence-electron chi connectivity index (χ4n) is 3.93. The van der Waals surface area contributed by atoms with E-state index in [1.165, 1.54) is 5.56 Å². The molecule has 4 rings (SSSR count). The Labute approximate surface area is 177 Å². The van der Waals surface area contributed by atoms with Gasteiger partial charge in [0, 0.05) is 37.7 Å². The Kier molecular flexibility index (Phi) is 6.28. The van der Waals surface area contributed by atoms with Gasteiger partial charge in [0.05, 0.1) is 5.92 Å². The highest BCUT2D eigenvalue weighted by atomic mass is 35.5. The summed E-state index contributed by atoms with van der Waals surface area (Å²) in [7, 11) is 0. The summed E-state index contributed by atoms with van der Waals surface area (Å²) < 4.78 is 0. The molecular formula is C25H25ClN2O. The van der Waals surface area contributed by atoms with Crippen LogP contribution in [0.4, 0.5) is 0 Å². The summed E-state index contributed by atoms with van der Waals surface area (Å²) in [6.45, 7) is 4.15. The molecule has 1 aliphatic heterocycles. The molecule has 1 heterocycles. The van der Waals surface area contributed by atoms with E-state index < -0.39 is 0 Å². The second-order valence-corrected chi connectivity index (χ2v) is 7.92. The Hall–Kier alpha value is -2.62. The van der Waals surface area contributed by atoms with Crippen LogP contribution in [0.15, 0.2) is 84.9 Å². The lowest BCUT2D eigenvalue weighted by Crippen LogP contribution is -2.49. The number of piperazine rings is 1. The third-order valence-corrected chi connectivity index (χ3v) is 5.77. The van der Waals surface area contributed by atoms with Crippen molar-refractivity contribution in [3.05, 3.63) is 107 Å². The van der Waals surface area contributed by atoms with Crippen molar-refractivity contribution in [1.82, 2.24) is 9.80 Å². The molecule has 3 nitrogen and oxygen atoms in total. The number of rotatable bonds is 5. The topological polar surface area (TPSA) is 23.6 Å². The van der Waals surface area contributed by atoms with E-state index in [0.717, 1.165) is 48.9 Å². The van der Waals surface area contributed by atoms with Crippen molar-refractivity contribution >= 4 is 17.5 Å². The van der Waals surface area contributed by atoms with E-state index in [4.69, 9.17) is 11.6 Å². The number of amides is 1. The van der Waals surface area contributed by atoms with Crippen LogP contribution in [0.1, 0.15) is 22.6 Å². The van der Waals surface area contributed by atoms with Crippen molar-refractivity contribution in [2.24, 2.45) is 0 Å². The summed E-state index contributed by atoms with van der Waals surface area (Å²) in [6, 6.07) is 28.2. The molecule has 0 radical (unpaired) electrons. The van der Waals surface area contributed by atoms with E-state index in [2.05, 4.69) is 17.0 Å². The molecule has 0 unspecified atom stereocenters. The zero-order valence-electron chi connectivity index (χ0n) is 16.4. The number of carbonyl (C=O) groups excluding carboxylic acids is 1. The van der Waals surface area contributed by atoms with Crippen LogP contribution in [0.5, 0.6) is 0 Å². The average Bonchev–Trinajstić information content (AvgIpc) is 2.77. The molecular weight excluding hydrogens is 380 g/mol. The summed E-state index contributed by atoms with van der Waals surface area (Å²) in [6.07, 6.45) is 0. The predicted molar refractivity (Wildman–Crippen MR) is 118 cm³/mol. The van der Waals surface area contributed by atoms with Crippen molar-refractivity contribution in [1.29, 1.82) is 0 Å². The largest absolute Gasteiger partial charge is 0.339 e. The molecule has 4 heteroatoms. The van der Waals surface area contributed by atoms with E-state index in [9.17, 15) is 4.79 Å². The van der Waals surface area contributed by atoms with Crippen LogP contribution >= 0.6 is 11.6 Å². The number of hydrogen-bond acceptors (Lipinski definition) is 2. The molecule has 1 amide bonds. The molecule has 0 aliphatic carbocycles. The van der Waals surface area contributed by atoms with Crippen molar-refractivity contribution in [3.63, 3.8) is 0 Å². The first kappa shape index (κ1) is 19.7. The van der Waals surface area contributed by atoms with Crippen molar-refractivity contribution < 1.29 is 4.79 Å². The molecule has 1 saturated heterocycles. The van der Waals surface area contributed by atoms with Crippen LogP contribution in [0.3, 0.4) is 0 Å². The lowest BCUT2D eigenvalue weighted by molar-refractivity contribution is -0.133. The number of benzene rings is 3. The van der Waals surface area contributed by atoms with Crippen LogP contribution in [0.2, 0.25) is 5.02 Å². The summed E-state index contributed by atoms with van der Waals surface area (Å²) in [5.41, 5.74) is 3.35. The van der Waals surface area contributed by atoms with Crippen LogP contribution < -0.4 is 0 Å². The summed E-state index contributed by atoms with van der Waals surface area (Å²) in [4.78, 5) is 17.9. The molecule has 3 aromatic carbocycles. The molecule has 29 heavy (non-hydrogen) atoms. The van der Waals surface area contributed by atoms with E-state index in [1.807, 2.05) is 77.7 Å². The first-order valence-electron chi connectivity index (χ1n) is 10.1. The monoisotopic (exact) mass is 404 g/mol. The fourth-order valence-corrected chi connectivity index (χ4v) is 4.05. The van der Waals surface area contributed by atoms with Gasteiger partial charge < -0.3 is 4.90 Å². The first-order chi connectivity index (χ1) is 14.2. The van der Waals surface area contributed by atoms with Gasteiger partial charge in [-0.05, 0) is 28.8 Å². The molecule has 148 valence electrons. The predicted octanol–water partition coefficient (Wildman–Crippen LogP) is 4.82.